The van der Waals surface area contributed by atoms with E-state index in [2.05, 4.69) is 25.2 Å². The molecule has 0 saturated heterocycles. The number of halogens is 4. The first kappa shape index (κ1) is 28.2. The Morgan fingerprint density at radius 3 is 1.85 bits per heavy atom. The van der Waals surface area contributed by atoms with Crippen LogP contribution in [0, 0.1) is 41.0 Å². The average molecular weight is 549 g/mol. The third-order valence-electron chi connectivity index (χ3n) is 8.68. The number of benzene rings is 3. The van der Waals surface area contributed by atoms with Crippen molar-refractivity contribution in [2.75, 3.05) is 6.61 Å². The van der Waals surface area contributed by atoms with Crippen molar-refractivity contribution in [3.05, 3.63) is 95.6 Å². The van der Waals surface area contributed by atoms with Crippen molar-refractivity contribution in [3.8, 4) is 28.0 Å². The third-order valence-corrected chi connectivity index (χ3v) is 8.68. The molecule has 0 aromatic heterocycles. The highest BCUT2D eigenvalue weighted by Crippen LogP contribution is 2.42. The van der Waals surface area contributed by atoms with Gasteiger partial charge in [-0.2, -0.15) is 4.39 Å². The molecule has 0 bridgehead atoms. The summed E-state index contributed by atoms with van der Waals surface area (Å²) in [6.45, 7) is 4.00. The first-order valence-corrected chi connectivity index (χ1v) is 14.4. The van der Waals surface area contributed by atoms with Gasteiger partial charge in [0.1, 0.15) is 0 Å². The van der Waals surface area contributed by atoms with Gasteiger partial charge in [-0.15, -0.1) is 0 Å². The monoisotopic (exact) mass is 548 g/mol. The minimum atomic E-state index is -1.05. The molecule has 0 amide bonds. The lowest BCUT2D eigenvalue weighted by Crippen LogP contribution is -2.22. The Bertz CT molecular complexity index is 1400. The highest BCUT2D eigenvalue weighted by molar-refractivity contribution is 5.74. The van der Waals surface area contributed by atoms with Gasteiger partial charge in [-0.1, -0.05) is 54.6 Å². The van der Waals surface area contributed by atoms with E-state index in [1.807, 2.05) is 0 Å². The summed E-state index contributed by atoms with van der Waals surface area (Å²) >= 11 is 0. The smallest absolute Gasteiger partial charge is 0.201 e. The fraction of sp³-hybridized carbons (Fsp3) is 0.371. The number of allylic oxidation sites excluding steroid dienone is 4. The van der Waals surface area contributed by atoms with Crippen LogP contribution in [-0.2, 0) is 0 Å². The molecule has 40 heavy (non-hydrogen) atoms. The van der Waals surface area contributed by atoms with Gasteiger partial charge in [0.15, 0.2) is 23.2 Å². The highest BCUT2D eigenvalue weighted by Gasteiger charge is 2.29. The van der Waals surface area contributed by atoms with Crippen LogP contribution in [0.25, 0.3) is 27.8 Å². The van der Waals surface area contributed by atoms with Crippen LogP contribution in [0.15, 0.2) is 66.8 Å². The summed E-state index contributed by atoms with van der Waals surface area (Å²) in [5.74, 6) is -1.88. The fourth-order valence-electron chi connectivity index (χ4n) is 6.48. The zero-order valence-electron chi connectivity index (χ0n) is 23.2. The van der Waals surface area contributed by atoms with E-state index in [0.29, 0.717) is 28.5 Å². The SMILES string of the molecule is CC=CC1CCC(C2CC=C(c3ccc(-c4ccc(-c5ccc(OCC)c(F)c5F)cc4)c(F)c3F)CC2)CC1. The minimum Gasteiger partial charge on any atom is -0.491 e. The molecule has 210 valence electrons. The fourth-order valence-corrected chi connectivity index (χ4v) is 6.48. The number of rotatable bonds is 7. The maximum atomic E-state index is 15.3. The van der Waals surface area contributed by atoms with Gasteiger partial charge in [0, 0.05) is 16.7 Å². The van der Waals surface area contributed by atoms with Gasteiger partial charge in [-0.25, -0.2) is 13.2 Å². The van der Waals surface area contributed by atoms with Crippen LogP contribution in [-0.4, -0.2) is 6.61 Å². The Morgan fingerprint density at radius 2 is 1.27 bits per heavy atom. The molecular weight excluding hydrogens is 512 g/mol. The normalized spacial score (nSPS) is 21.4. The standard InChI is InChI=1S/C35H36F4O/c1-3-5-22-6-8-23(9-7-22)24-10-12-25(13-11-24)28-18-19-29(33(37)32(28)36)26-14-16-27(17-15-26)30-20-21-31(40-4-2)35(39)34(30)38/h3,5,12,14-24H,4,6-11,13H2,1-2H3. The van der Waals surface area contributed by atoms with E-state index in [4.69, 9.17) is 4.74 Å². The number of hydrogen-bond donors (Lipinski definition) is 0. The van der Waals surface area contributed by atoms with E-state index in [1.165, 1.54) is 37.8 Å². The summed E-state index contributed by atoms with van der Waals surface area (Å²) in [6.07, 6.45) is 14.3. The van der Waals surface area contributed by atoms with Gasteiger partial charge in [0.05, 0.1) is 6.61 Å². The van der Waals surface area contributed by atoms with Crippen LogP contribution in [0.5, 0.6) is 5.75 Å². The van der Waals surface area contributed by atoms with Crippen molar-refractivity contribution in [1.29, 1.82) is 0 Å². The van der Waals surface area contributed by atoms with Crippen LogP contribution >= 0.6 is 0 Å². The lowest BCUT2D eigenvalue weighted by molar-refractivity contribution is 0.212. The lowest BCUT2D eigenvalue weighted by atomic mass is 9.71. The second kappa shape index (κ2) is 12.4. The largest absolute Gasteiger partial charge is 0.491 e. The predicted octanol–water partition coefficient (Wildman–Crippen LogP) is 10.5. The van der Waals surface area contributed by atoms with Crippen molar-refractivity contribution in [2.45, 2.75) is 58.8 Å². The van der Waals surface area contributed by atoms with Crippen molar-refractivity contribution in [1.82, 2.24) is 0 Å². The van der Waals surface area contributed by atoms with Gasteiger partial charge >= 0.3 is 0 Å². The van der Waals surface area contributed by atoms with Crippen LogP contribution in [0.2, 0.25) is 0 Å². The molecule has 3 aromatic rings. The topological polar surface area (TPSA) is 9.23 Å². The molecule has 0 spiro atoms. The zero-order chi connectivity index (χ0) is 28.2. The van der Waals surface area contributed by atoms with Gasteiger partial charge in [0.2, 0.25) is 5.82 Å². The summed E-state index contributed by atoms with van der Waals surface area (Å²) in [4.78, 5) is 0. The zero-order valence-corrected chi connectivity index (χ0v) is 23.2. The summed E-state index contributed by atoms with van der Waals surface area (Å²) in [5, 5.41) is 0. The summed E-state index contributed by atoms with van der Waals surface area (Å²) in [7, 11) is 0. The summed E-state index contributed by atoms with van der Waals surface area (Å²) in [6, 6.07) is 12.4. The molecule has 0 radical (unpaired) electrons. The Morgan fingerprint density at radius 1 is 0.700 bits per heavy atom. The first-order valence-electron chi connectivity index (χ1n) is 14.4. The molecule has 0 N–H and O–H groups in total. The van der Waals surface area contributed by atoms with Gasteiger partial charge in [0.25, 0.3) is 0 Å². The van der Waals surface area contributed by atoms with Crippen molar-refractivity contribution in [3.63, 3.8) is 0 Å². The molecule has 3 aromatic carbocycles. The second-order valence-corrected chi connectivity index (χ2v) is 11.0. The van der Waals surface area contributed by atoms with Crippen LogP contribution in [0.4, 0.5) is 17.6 Å². The van der Waals surface area contributed by atoms with Crippen molar-refractivity contribution in [2.24, 2.45) is 17.8 Å². The molecule has 0 heterocycles. The molecular formula is C35H36F4O. The van der Waals surface area contributed by atoms with Crippen molar-refractivity contribution < 1.29 is 22.3 Å². The van der Waals surface area contributed by atoms with Gasteiger partial charge in [-0.3, -0.25) is 0 Å². The van der Waals surface area contributed by atoms with Crippen LogP contribution in [0.1, 0.15) is 64.4 Å². The molecule has 2 aliphatic rings. The number of hydrogen-bond acceptors (Lipinski definition) is 1. The molecule has 1 unspecified atom stereocenters. The lowest BCUT2D eigenvalue weighted by Gasteiger charge is -2.35. The molecule has 1 nitrogen and oxygen atoms in total. The maximum absolute atomic E-state index is 15.3. The van der Waals surface area contributed by atoms with E-state index in [9.17, 15) is 8.78 Å². The summed E-state index contributed by atoms with van der Waals surface area (Å²) in [5.41, 5.74) is 2.31. The summed E-state index contributed by atoms with van der Waals surface area (Å²) < 4.78 is 64.7. The second-order valence-electron chi connectivity index (χ2n) is 11.0. The molecule has 5 heteroatoms. The predicted molar refractivity (Wildman–Crippen MR) is 154 cm³/mol. The third kappa shape index (κ3) is 5.75. The van der Waals surface area contributed by atoms with E-state index in [1.54, 1.807) is 43.3 Å². The molecule has 1 saturated carbocycles. The van der Waals surface area contributed by atoms with E-state index in [0.717, 1.165) is 30.8 Å². The molecule has 1 atom stereocenters. The first-order chi connectivity index (χ1) is 19.4. The van der Waals surface area contributed by atoms with E-state index < -0.39 is 23.3 Å². The van der Waals surface area contributed by atoms with Gasteiger partial charge < -0.3 is 4.74 Å². The number of ether oxygens (including phenoxy) is 1. The van der Waals surface area contributed by atoms with E-state index in [-0.39, 0.29) is 23.5 Å². The Kier molecular flexibility index (Phi) is 8.78. The molecule has 1 fully saturated rings. The van der Waals surface area contributed by atoms with Crippen LogP contribution < -0.4 is 4.74 Å². The van der Waals surface area contributed by atoms with Gasteiger partial charge in [-0.05, 0) is 105 Å². The highest BCUT2D eigenvalue weighted by atomic mass is 19.2. The van der Waals surface area contributed by atoms with E-state index >= 15 is 8.78 Å². The molecule has 5 rings (SSSR count). The van der Waals surface area contributed by atoms with Crippen LogP contribution in [0.3, 0.4) is 0 Å². The minimum absolute atomic E-state index is 0.0721. The molecule has 2 aliphatic carbocycles. The Hall–Kier alpha value is -3.34. The maximum Gasteiger partial charge on any atom is 0.201 e. The molecule has 0 aliphatic heterocycles. The Balaban J connectivity index is 1.30. The Labute approximate surface area is 234 Å². The average Bonchev–Trinajstić information content (AvgIpc) is 2.98. The van der Waals surface area contributed by atoms with Crippen molar-refractivity contribution >= 4 is 5.57 Å². The quantitative estimate of drug-likeness (QED) is 0.211.